The number of ether oxygens (including phenoxy) is 2. The molecule has 1 amide bonds. The zero-order chi connectivity index (χ0) is 22.3. The number of carbonyl (C=O) groups is 1. The fourth-order valence-corrected chi connectivity index (χ4v) is 3.84. The molecular weight excluding hydrogens is 404 g/mol. The molecule has 32 heavy (non-hydrogen) atoms. The smallest absolute Gasteiger partial charge is 0.289 e. The molecule has 6 heteroatoms. The molecule has 0 N–H and O–H groups in total. The molecule has 3 aromatic rings. The molecule has 2 aromatic carbocycles. The molecule has 0 radical (unpaired) electrons. The Labute approximate surface area is 189 Å². The Morgan fingerprint density at radius 3 is 2.44 bits per heavy atom. The minimum Gasteiger partial charge on any atom is -0.497 e. The summed E-state index contributed by atoms with van der Waals surface area (Å²) in [5.74, 6) is 2.60. The second-order valence-electron chi connectivity index (χ2n) is 7.97. The van der Waals surface area contributed by atoms with Gasteiger partial charge in [0.05, 0.1) is 7.11 Å². The van der Waals surface area contributed by atoms with Crippen LogP contribution in [0.2, 0.25) is 0 Å². The van der Waals surface area contributed by atoms with Crippen LogP contribution in [0.25, 0.3) is 0 Å². The summed E-state index contributed by atoms with van der Waals surface area (Å²) >= 11 is 0. The highest BCUT2D eigenvalue weighted by atomic mass is 16.5. The Hall–Kier alpha value is -3.25. The molecule has 0 aliphatic carbocycles. The molecule has 6 nitrogen and oxygen atoms in total. The van der Waals surface area contributed by atoms with E-state index in [9.17, 15) is 4.79 Å². The third-order valence-corrected chi connectivity index (χ3v) is 5.78. The fraction of sp³-hybridized carbons (Fsp3) is 0.346. The van der Waals surface area contributed by atoms with E-state index in [0.29, 0.717) is 31.2 Å². The molecule has 0 saturated carbocycles. The van der Waals surface area contributed by atoms with Gasteiger partial charge in [-0.1, -0.05) is 31.2 Å². The van der Waals surface area contributed by atoms with E-state index < -0.39 is 0 Å². The lowest BCUT2D eigenvalue weighted by molar-refractivity contribution is 0.0594. The number of nitrogens with zero attached hydrogens (tertiary/aromatic N) is 2. The van der Waals surface area contributed by atoms with E-state index >= 15 is 0 Å². The number of carbonyl (C=O) groups excluding carboxylic acids is 1. The molecule has 0 bridgehead atoms. The van der Waals surface area contributed by atoms with Gasteiger partial charge in [-0.05, 0) is 53.9 Å². The van der Waals surface area contributed by atoms with Crippen LogP contribution in [0.5, 0.6) is 11.5 Å². The average Bonchev–Trinajstić information content (AvgIpc) is 3.32. The number of amides is 1. The van der Waals surface area contributed by atoms with Gasteiger partial charge in [0.1, 0.15) is 23.9 Å². The Balaban J connectivity index is 1.26. The fourth-order valence-electron chi connectivity index (χ4n) is 3.84. The van der Waals surface area contributed by atoms with Crippen LogP contribution in [-0.2, 0) is 19.6 Å². The summed E-state index contributed by atoms with van der Waals surface area (Å²) in [4.78, 5) is 17.1. The summed E-state index contributed by atoms with van der Waals surface area (Å²) in [5.41, 5.74) is 2.48. The first-order chi connectivity index (χ1) is 15.6. The maximum Gasteiger partial charge on any atom is 0.289 e. The van der Waals surface area contributed by atoms with Crippen molar-refractivity contribution in [3.05, 3.63) is 83.3 Å². The SMILES string of the molecule is CCc1ccc(OCc2ccc(C(=O)N3CCN(Cc4cccc(OC)c4)CC3)o2)cc1. The van der Waals surface area contributed by atoms with Crippen LogP contribution < -0.4 is 9.47 Å². The number of hydrogen-bond donors (Lipinski definition) is 0. The first kappa shape index (κ1) is 22.0. The maximum atomic E-state index is 12.9. The topological polar surface area (TPSA) is 55.2 Å². The van der Waals surface area contributed by atoms with Crippen LogP contribution in [0.4, 0.5) is 0 Å². The number of rotatable bonds is 8. The van der Waals surface area contributed by atoms with Crippen molar-refractivity contribution in [2.45, 2.75) is 26.5 Å². The molecule has 1 aliphatic heterocycles. The molecule has 1 fully saturated rings. The van der Waals surface area contributed by atoms with Crippen LogP contribution >= 0.6 is 0 Å². The highest BCUT2D eigenvalue weighted by molar-refractivity contribution is 5.91. The summed E-state index contributed by atoms with van der Waals surface area (Å²) in [7, 11) is 1.68. The lowest BCUT2D eigenvalue weighted by atomic mass is 10.2. The van der Waals surface area contributed by atoms with Crippen molar-refractivity contribution < 1.29 is 18.7 Å². The second kappa shape index (κ2) is 10.4. The number of furan rings is 1. The highest BCUT2D eigenvalue weighted by Crippen LogP contribution is 2.19. The first-order valence-corrected chi connectivity index (χ1v) is 11.1. The van der Waals surface area contributed by atoms with E-state index in [1.807, 2.05) is 35.2 Å². The van der Waals surface area contributed by atoms with E-state index in [1.165, 1.54) is 11.1 Å². The quantitative estimate of drug-likeness (QED) is 0.526. The van der Waals surface area contributed by atoms with E-state index in [1.54, 1.807) is 13.2 Å². The molecule has 0 unspecified atom stereocenters. The van der Waals surface area contributed by atoms with E-state index in [2.05, 4.69) is 36.1 Å². The van der Waals surface area contributed by atoms with Crippen molar-refractivity contribution >= 4 is 5.91 Å². The zero-order valence-corrected chi connectivity index (χ0v) is 18.8. The second-order valence-corrected chi connectivity index (χ2v) is 7.97. The molecule has 1 aliphatic rings. The van der Waals surface area contributed by atoms with Crippen molar-refractivity contribution in [2.24, 2.45) is 0 Å². The maximum absolute atomic E-state index is 12.9. The van der Waals surface area contributed by atoms with Gasteiger partial charge in [0.25, 0.3) is 5.91 Å². The van der Waals surface area contributed by atoms with E-state index in [-0.39, 0.29) is 5.91 Å². The standard InChI is InChI=1S/C26H30N2O4/c1-3-20-7-9-22(10-8-20)31-19-24-11-12-25(32-24)26(29)28-15-13-27(14-16-28)18-21-5-4-6-23(17-21)30-2/h4-12,17H,3,13-16,18-19H2,1-2H3. The Bertz CT molecular complexity index is 1020. The molecule has 168 valence electrons. The third-order valence-electron chi connectivity index (χ3n) is 5.78. The van der Waals surface area contributed by atoms with Gasteiger partial charge < -0.3 is 18.8 Å². The molecule has 1 saturated heterocycles. The Morgan fingerprint density at radius 2 is 1.72 bits per heavy atom. The molecule has 0 atom stereocenters. The number of hydrogen-bond acceptors (Lipinski definition) is 5. The molecule has 0 spiro atoms. The third kappa shape index (κ3) is 5.51. The first-order valence-electron chi connectivity index (χ1n) is 11.1. The van der Waals surface area contributed by atoms with Crippen LogP contribution in [0.3, 0.4) is 0 Å². The van der Waals surface area contributed by atoms with Crippen LogP contribution in [-0.4, -0.2) is 49.0 Å². The van der Waals surface area contributed by atoms with Crippen LogP contribution in [0.1, 0.15) is 34.4 Å². The van der Waals surface area contributed by atoms with Crippen LogP contribution in [0, 0.1) is 0 Å². The minimum absolute atomic E-state index is 0.0652. The zero-order valence-electron chi connectivity index (χ0n) is 18.8. The van der Waals surface area contributed by atoms with E-state index in [4.69, 9.17) is 13.9 Å². The number of benzene rings is 2. The molecule has 2 heterocycles. The molecular formula is C26H30N2O4. The monoisotopic (exact) mass is 434 g/mol. The van der Waals surface area contributed by atoms with Crippen molar-refractivity contribution in [3.63, 3.8) is 0 Å². The predicted molar refractivity (Wildman–Crippen MR) is 123 cm³/mol. The number of piperazine rings is 1. The Kier molecular flexibility index (Phi) is 7.12. The predicted octanol–water partition coefficient (Wildman–Crippen LogP) is 4.39. The van der Waals surface area contributed by atoms with Gasteiger partial charge in [-0.15, -0.1) is 0 Å². The summed E-state index contributed by atoms with van der Waals surface area (Å²) < 4.78 is 16.9. The molecule has 4 rings (SSSR count). The van der Waals surface area contributed by atoms with Crippen molar-refractivity contribution in [1.82, 2.24) is 9.80 Å². The minimum atomic E-state index is -0.0652. The number of methoxy groups -OCH3 is 1. The van der Waals surface area contributed by atoms with Gasteiger partial charge in [-0.3, -0.25) is 9.69 Å². The van der Waals surface area contributed by atoms with Gasteiger partial charge in [0, 0.05) is 32.7 Å². The summed E-state index contributed by atoms with van der Waals surface area (Å²) in [6.07, 6.45) is 0.999. The van der Waals surface area contributed by atoms with Gasteiger partial charge in [-0.2, -0.15) is 0 Å². The largest absolute Gasteiger partial charge is 0.497 e. The van der Waals surface area contributed by atoms with Crippen molar-refractivity contribution in [1.29, 1.82) is 0 Å². The summed E-state index contributed by atoms with van der Waals surface area (Å²) in [5, 5.41) is 0. The average molecular weight is 435 g/mol. The lowest BCUT2D eigenvalue weighted by Gasteiger charge is -2.34. The summed E-state index contributed by atoms with van der Waals surface area (Å²) in [6.45, 7) is 6.28. The van der Waals surface area contributed by atoms with Crippen molar-refractivity contribution in [2.75, 3.05) is 33.3 Å². The van der Waals surface area contributed by atoms with Crippen molar-refractivity contribution in [3.8, 4) is 11.5 Å². The van der Waals surface area contributed by atoms with Gasteiger partial charge >= 0.3 is 0 Å². The molecule has 1 aromatic heterocycles. The normalized spacial score (nSPS) is 14.4. The van der Waals surface area contributed by atoms with Gasteiger partial charge in [0.15, 0.2) is 5.76 Å². The Morgan fingerprint density at radius 1 is 0.938 bits per heavy atom. The lowest BCUT2D eigenvalue weighted by Crippen LogP contribution is -2.48. The summed E-state index contributed by atoms with van der Waals surface area (Å²) in [6, 6.07) is 19.7. The van der Waals surface area contributed by atoms with Crippen LogP contribution in [0.15, 0.2) is 65.1 Å². The number of aryl methyl sites for hydroxylation is 1. The highest BCUT2D eigenvalue weighted by Gasteiger charge is 2.24. The van der Waals surface area contributed by atoms with Gasteiger partial charge in [0.2, 0.25) is 0 Å². The van der Waals surface area contributed by atoms with Gasteiger partial charge in [-0.25, -0.2) is 0 Å². The van der Waals surface area contributed by atoms with E-state index in [0.717, 1.165) is 37.6 Å².